The average Bonchev–Trinajstić information content (AvgIpc) is 2.79. The van der Waals surface area contributed by atoms with Crippen molar-refractivity contribution in [3.05, 3.63) is 77.9 Å². The van der Waals surface area contributed by atoms with Crippen LogP contribution in [-0.2, 0) is 4.74 Å². The second-order valence-electron chi connectivity index (χ2n) is 6.14. The van der Waals surface area contributed by atoms with Gasteiger partial charge in [-0.15, -0.1) is 0 Å². The lowest BCUT2D eigenvalue weighted by atomic mass is 10.1. The summed E-state index contributed by atoms with van der Waals surface area (Å²) in [5, 5.41) is 2.72. The van der Waals surface area contributed by atoms with Gasteiger partial charge in [0.05, 0.1) is 32.6 Å². The number of ether oxygens (including phenoxy) is 4. The molecule has 3 rings (SSSR count). The first-order valence-electron chi connectivity index (χ1n) is 9.04. The van der Waals surface area contributed by atoms with Crippen molar-refractivity contribution in [3.8, 4) is 23.0 Å². The van der Waals surface area contributed by atoms with Crippen LogP contribution in [0, 0.1) is 0 Å². The topological polar surface area (TPSA) is 83.1 Å². The predicted molar refractivity (Wildman–Crippen MR) is 112 cm³/mol. The van der Waals surface area contributed by atoms with Gasteiger partial charge in [-0.05, 0) is 36.4 Å². The van der Waals surface area contributed by atoms with Crippen LogP contribution in [0.3, 0.4) is 0 Å². The van der Waals surface area contributed by atoms with Gasteiger partial charge in [0.15, 0.2) is 11.5 Å². The molecule has 0 saturated carbocycles. The maximum atomic E-state index is 12.7. The molecule has 0 aliphatic rings. The lowest BCUT2D eigenvalue weighted by molar-refractivity contribution is 0.0601. The van der Waals surface area contributed by atoms with Crippen LogP contribution in [0.1, 0.15) is 20.7 Å². The van der Waals surface area contributed by atoms with E-state index in [-0.39, 0.29) is 11.3 Å². The molecule has 7 heteroatoms. The highest BCUT2D eigenvalue weighted by Crippen LogP contribution is 2.34. The number of hydrogen-bond donors (Lipinski definition) is 1. The quantitative estimate of drug-likeness (QED) is 0.579. The Hall–Kier alpha value is -4.00. The molecule has 0 unspecified atom stereocenters. The van der Waals surface area contributed by atoms with Crippen LogP contribution < -0.4 is 19.5 Å². The van der Waals surface area contributed by atoms with Gasteiger partial charge in [-0.3, -0.25) is 4.79 Å². The SMILES string of the molecule is COC(=O)c1cc(OC)c(OC)cc1NC(=O)c1ccc(Oc2ccccc2)cc1. The molecule has 3 aromatic rings. The Balaban J connectivity index is 1.82. The summed E-state index contributed by atoms with van der Waals surface area (Å²) in [4.78, 5) is 24.9. The van der Waals surface area contributed by atoms with Gasteiger partial charge in [-0.2, -0.15) is 0 Å². The molecule has 0 saturated heterocycles. The van der Waals surface area contributed by atoms with E-state index in [0.717, 1.165) is 0 Å². The Bertz CT molecular complexity index is 1030. The molecular weight excluding hydrogens is 386 g/mol. The number of para-hydroxylation sites is 1. The molecule has 0 atom stereocenters. The zero-order valence-corrected chi connectivity index (χ0v) is 16.8. The molecule has 154 valence electrons. The Kier molecular flexibility index (Phi) is 6.54. The first kappa shape index (κ1) is 20.7. The first-order valence-corrected chi connectivity index (χ1v) is 9.04. The molecule has 1 amide bonds. The molecule has 7 nitrogen and oxygen atoms in total. The largest absolute Gasteiger partial charge is 0.493 e. The summed E-state index contributed by atoms with van der Waals surface area (Å²) in [7, 11) is 4.18. The highest BCUT2D eigenvalue weighted by molar-refractivity contribution is 6.08. The molecule has 30 heavy (non-hydrogen) atoms. The van der Waals surface area contributed by atoms with Crippen molar-refractivity contribution < 1.29 is 28.5 Å². The molecular formula is C23H21NO6. The Morgan fingerprint density at radius 3 is 1.97 bits per heavy atom. The number of methoxy groups -OCH3 is 3. The molecule has 0 aromatic heterocycles. The van der Waals surface area contributed by atoms with Crippen molar-refractivity contribution in [1.82, 2.24) is 0 Å². The minimum atomic E-state index is -0.613. The lowest BCUT2D eigenvalue weighted by Crippen LogP contribution is -2.16. The van der Waals surface area contributed by atoms with E-state index in [0.29, 0.717) is 28.6 Å². The van der Waals surface area contributed by atoms with Gasteiger partial charge in [-0.25, -0.2) is 4.79 Å². The molecule has 3 aromatic carbocycles. The van der Waals surface area contributed by atoms with Crippen LogP contribution >= 0.6 is 0 Å². The zero-order valence-electron chi connectivity index (χ0n) is 16.8. The van der Waals surface area contributed by atoms with E-state index >= 15 is 0 Å². The number of hydrogen-bond acceptors (Lipinski definition) is 6. The molecule has 1 N–H and O–H groups in total. The van der Waals surface area contributed by atoms with Gasteiger partial charge in [0.2, 0.25) is 0 Å². The summed E-state index contributed by atoms with van der Waals surface area (Å²) < 4.78 is 21.0. The predicted octanol–water partition coefficient (Wildman–Crippen LogP) is 4.54. The molecule has 0 radical (unpaired) electrons. The summed E-state index contributed by atoms with van der Waals surface area (Å²) in [5.74, 6) is 0.990. The number of rotatable bonds is 7. The smallest absolute Gasteiger partial charge is 0.340 e. The third-order valence-corrected chi connectivity index (χ3v) is 4.27. The van der Waals surface area contributed by atoms with E-state index < -0.39 is 11.9 Å². The number of benzene rings is 3. The van der Waals surface area contributed by atoms with Gasteiger partial charge < -0.3 is 24.3 Å². The molecule has 0 bridgehead atoms. The van der Waals surface area contributed by atoms with Crippen LogP contribution in [0.15, 0.2) is 66.7 Å². The summed E-state index contributed by atoms with van der Waals surface area (Å²) in [5.41, 5.74) is 0.780. The zero-order chi connectivity index (χ0) is 21.5. The first-order chi connectivity index (χ1) is 14.5. The molecule has 0 heterocycles. The van der Waals surface area contributed by atoms with Crippen LogP contribution in [-0.4, -0.2) is 33.2 Å². The Labute approximate surface area is 174 Å². The number of amides is 1. The Morgan fingerprint density at radius 1 is 0.767 bits per heavy atom. The standard InChI is InChI=1S/C23H21NO6/c1-27-20-13-18(23(26)29-3)19(14-21(20)28-2)24-22(25)15-9-11-17(12-10-15)30-16-7-5-4-6-8-16/h4-14H,1-3H3,(H,24,25). The minimum Gasteiger partial charge on any atom is -0.493 e. The van der Waals surface area contributed by atoms with E-state index in [2.05, 4.69) is 5.32 Å². The van der Waals surface area contributed by atoms with Crippen LogP contribution in [0.25, 0.3) is 0 Å². The van der Waals surface area contributed by atoms with E-state index in [4.69, 9.17) is 18.9 Å². The maximum Gasteiger partial charge on any atom is 0.340 e. The van der Waals surface area contributed by atoms with Crippen molar-refractivity contribution in [1.29, 1.82) is 0 Å². The minimum absolute atomic E-state index is 0.146. The maximum absolute atomic E-state index is 12.7. The van der Waals surface area contributed by atoms with E-state index in [1.54, 1.807) is 24.3 Å². The van der Waals surface area contributed by atoms with Crippen molar-refractivity contribution in [2.24, 2.45) is 0 Å². The van der Waals surface area contributed by atoms with Crippen molar-refractivity contribution in [3.63, 3.8) is 0 Å². The van der Waals surface area contributed by atoms with E-state index in [1.807, 2.05) is 30.3 Å². The normalized spacial score (nSPS) is 10.1. The van der Waals surface area contributed by atoms with Crippen LogP contribution in [0.4, 0.5) is 5.69 Å². The molecule has 0 fully saturated rings. The van der Waals surface area contributed by atoms with Gasteiger partial charge in [0.1, 0.15) is 11.5 Å². The second kappa shape index (κ2) is 9.47. The molecule has 0 aliphatic carbocycles. The van der Waals surface area contributed by atoms with Gasteiger partial charge in [0, 0.05) is 17.7 Å². The fourth-order valence-corrected chi connectivity index (χ4v) is 2.75. The highest BCUT2D eigenvalue weighted by Gasteiger charge is 2.19. The summed E-state index contributed by atoms with van der Waals surface area (Å²) in [6.45, 7) is 0. The van der Waals surface area contributed by atoms with Crippen LogP contribution in [0.5, 0.6) is 23.0 Å². The lowest BCUT2D eigenvalue weighted by Gasteiger charge is -2.15. The monoisotopic (exact) mass is 407 g/mol. The fourth-order valence-electron chi connectivity index (χ4n) is 2.75. The van der Waals surface area contributed by atoms with E-state index in [1.165, 1.54) is 33.5 Å². The van der Waals surface area contributed by atoms with Gasteiger partial charge in [-0.1, -0.05) is 18.2 Å². The average molecular weight is 407 g/mol. The second-order valence-corrected chi connectivity index (χ2v) is 6.14. The molecule has 0 spiro atoms. The highest BCUT2D eigenvalue weighted by atomic mass is 16.5. The number of nitrogens with one attached hydrogen (secondary N) is 1. The van der Waals surface area contributed by atoms with Crippen molar-refractivity contribution in [2.45, 2.75) is 0 Å². The summed E-state index contributed by atoms with van der Waals surface area (Å²) >= 11 is 0. The summed E-state index contributed by atoms with van der Waals surface area (Å²) in [6.07, 6.45) is 0. The van der Waals surface area contributed by atoms with Gasteiger partial charge in [0.25, 0.3) is 5.91 Å². The number of carbonyl (C=O) groups is 2. The number of carbonyl (C=O) groups excluding carboxylic acids is 2. The number of anilines is 1. The van der Waals surface area contributed by atoms with Crippen molar-refractivity contribution in [2.75, 3.05) is 26.6 Å². The number of esters is 1. The molecule has 0 aliphatic heterocycles. The third kappa shape index (κ3) is 4.70. The summed E-state index contributed by atoms with van der Waals surface area (Å²) in [6, 6.07) is 18.9. The van der Waals surface area contributed by atoms with Crippen LogP contribution in [0.2, 0.25) is 0 Å². The Morgan fingerprint density at radius 2 is 1.37 bits per heavy atom. The third-order valence-electron chi connectivity index (χ3n) is 4.27. The fraction of sp³-hybridized carbons (Fsp3) is 0.130. The van der Waals surface area contributed by atoms with Crippen molar-refractivity contribution >= 4 is 17.6 Å². The van der Waals surface area contributed by atoms with E-state index in [9.17, 15) is 9.59 Å². The van der Waals surface area contributed by atoms with Gasteiger partial charge >= 0.3 is 5.97 Å².